The molecule has 1 saturated carbocycles. The van der Waals surface area contributed by atoms with Crippen LogP contribution in [0, 0.1) is 11.8 Å². The van der Waals surface area contributed by atoms with E-state index in [9.17, 15) is 19.2 Å². The first-order valence-corrected chi connectivity index (χ1v) is 4.97. The fraction of sp³-hybridized carbons (Fsp3) is 0.600. The third kappa shape index (κ3) is 2.80. The first-order valence-electron chi connectivity index (χ1n) is 4.97. The number of ether oxygens (including phenoxy) is 3. The largest absolute Gasteiger partial charge is 0.466 e. The van der Waals surface area contributed by atoms with Crippen LogP contribution in [0.5, 0.6) is 0 Å². The van der Waals surface area contributed by atoms with Crippen molar-refractivity contribution in [2.24, 2.45) is 11.8 Å². The maximum Gasteiger partial charge on any atom is 0.417 e. The molecule has 0 spiro atoms. The summed E-state index contributed by atoms with van der Waals surface area (Å²) in [4.78, 5) is 43.7. The first kappa shape index (κ1) is 13.1. The molecule has 1 aliphatic rings. The third-order valence-electron chi connectivity index (χ3n) is 2.32. The topological polar surface area (TPSA) is 96.0 Å². The molecule has 0 aliphatic heterocycles. The quantitative estimate of drug-likeness (QED) is 0.273. The maximum absolute atomic E-state index is 11.3. The van der Waals surface area contributed by atoms with Crippen molar-refractivity contribution in [1.82, 2.24) is 0 Å². The highest BCUT2D eigenvalue weighted by Crippen LogP contribution is 2.41. The highest BCUT2D eigenvalue weighted by atomic mass is 16.6. The molecule has 3 atom stereocenters. The second-order valence-corrected chi connectivity index (χ2v) is 3.35. The smallest absolute Gasteiger partial charge is 0.417 e. The minimum Gasteiger partial charge on any atom is -0.466 e. The third-order valence-corrected chi connectivity index (χ3v) is 2.32. The molecule has 0 aromatic rings. The zero-order valence-electron chi connectivity index (χ0n) is 9.37. The lowest BCUT2D eigenvalue weighted by molar-refractivity contribution is -0.167. The predicted octanol–water partition coefficient (Wildman–Crippen LogP) is -0.921. The Bertz CT molecular complexity index is 349. The summed E-state index contributed by atoms with van der Waals surface area (Å²) < 4.78 is 13.5. The number of carbonyl (C=O) groups is 4. The molecule has 0 N–H and O–H groups in total. The van der Waals surface area contributed by atoms with Gasteiger partial charge in [0.1, 0.15) is 18.3 Å². The van der Waals surface area contributed by atoms with Crippen molar-refractivity contribution < 1.29 is 33.4 Å². The minimum absolute atomic E-state index is 0.165. The van der Waals surface area contributed by atoms with E-state index in [1.807, 2.05) is 0 Å². The van der Waals surface area contributed by atoms with Gasteiger partial charge in [-0.15, -0.1) is 0 Å². The summed E-state index contributed by atoms with van der Waals surface area (Å²) in [6.45, 7) is 1.78. The number of esters is 3. The van der Waals surface area contributed by atoms with Crippen molar-refractivity contribution in [1.29, 1.82) is 0 Å². The van der Waals surface area contributed by atoms with E-state index in [0.717, 1.165) is 7.11 Å². The zero-order chi connectivity index (χ0) is 13.0. The summed E-state index contributed by atoms with van der Waals surface area (Å²) in [6.07, 6.45) is -0.435. The van der Waals surface area contributed by atoms with Crippen LogP contribution in [-0.2, 0) is 33.4 Å². The van der Waals surface area contributed by atoms with Gasteiger partial charge >= 0.3 is 17.9 Å². The van der Waals surface area contributed by atoms with Gasteiger partial charge in [-0.1, -0.05) is 0 Å². The lowest BCUT2D eigenvalue weighted by atomic mass is 10.3. The molecule has 0 aromatic heterocycles. The van der Waals surface area contributed by atoms with Gasteiger partial charge in [0.2, 0.25) is 0 Å². The van der Waals surface area contributed by atoms with Crippen LogP contribution < -0.4 is 0 Å². The van der Waals surface area contributed by atoms with Gasteiger partial charge < -0.3 is 19.0 Å². The molecule has 1 rings (SSSR count). The predicted molar refractivity (Wildman–Crippen MR) is 51.6 cm³/mol. The molecule has 0 amide bonds. The number of aldehydes is 1. The molecule has 7 nitrogen and oxygen atoms in total. The average Bonchev–Trinajstić information content (AvgIpc) is 3.01. The Morgan fingerprint density at radius 1 is 1.24 bits per heavy atom. The van der Waals surface area contributed by atoms with Crippen LogP contribution >= 0.6 is 0 Å². The van der Waals surface area contributed by atoms with Crippen molar-refractivity contribution in [3.63, 3.8) is 0 Å². The summed E-state index contributed by atoms with van der Waals surface area (Å²) >= 11 is 0. The van der Waals surface area contributed by atoms with Gasteiger partial charge in [-0.05, 0) is 6.92 Å². The van der Waals surface area contributed by atoms with Gasteiger partial charge in [-0.25, -0.2) is 9.59 Å². The van der Waals surface area contributed by atoms with E-state index in [1.165, 1.54) is 0 Å². The van der Waals surface area contributed by atoms with Crippen molar-refractivity contribution in [3.8, 4) is 0 Å². The summed E-state index contributed by atoms with van der Waals surface area (Å²) in [5.41, 5.74) is 0. The van der Waals surface area contributed by atoms with E-state index in [1.54, 1.807) is 6.92 Å². The summed E-state index contributed by atoms with van der Waals surface area (Å²) in [5, 5.41) is 0. The number of rotatable bonds is 4. The summed E-state index contributed by atoms with van der Waals surface area (Å²) in [6, 6.07) is 0. The SMILES string of the molecule is CCOC(=O)[C@@H]1[C@@H](C=O)[C@H]1OC(=O)C(=O)OC. The van der Waals surface area contributed by atoms with Crippen LogP contribution in [0.4, 0.5) is 0 Å². The monoisotopic (exact) mass is 244 g/mol. The molecule has 0 heterocycles. The number of hydrogen-bond acceptors (Lipinski definition) is 7. The Morgan fingerprint density at radius 2 is 1.88 bits per heavy atom. The van der Waals surface area contributed by atoms with Gasteiger partial charge in [0.25, 0.3) is 0 Å². The van der Waals surface area contributed by atoms with E-state index in [0.29, 0.717) is 6.29 Å². The average molecular weight is 244 g/mol. The van der Waals surface area contributed by atoms with Crippen LogP contribution in [0.1, 0.15) is 6.92 Å². The minimum atomic E-state index is -1.23. The van der Waals surface area contributed by atoms with E-state index in [2.05, 4.69) is 9.47 Å². The molecule has 0 aromatic carbocycles. The van der Waals surface area contributed by atoms with Crippen LogP contribution in [0.15, 0.2) is 0 Å². The van der Waals surface area contributed by atoms with Gasteiger partial charge in [0, 0.05) is 0 Å². The molecule has 7 heteroatoms. The van der Waals surface area contributed by atoms with Gasteiger partial charge in [-0.3, -0.25) is 4.79 Å². The highest BCUT2D eigenvalue weighted by Gasteiger charge is 2.59. The van der Waals surface area contributed by atoms with Crippen molar-refractivity contribution in [2.45, 2.75) is 13.0 Å². The second-order valence-electron chi connectivity index (χ2n) is 3.35. The van der Waals surface area contributed by atoms with E-state index >= 15 is 0 Å². The summed E-state index contributed by atoms with van der Waals surface area (Å²) in [5.74, 6) is -4.59. The van der Waals surface area contributed by atoms with Gasteiger partial charge in [0.15, 0.2) is 0 Å². The van der Waals surface area contributed by atoms with Crippen LogP contribution in [-0.4, -0.2) is 44.0 Å². The summed E-state index contributed by atoms with van der Waals surface area (Å²) in [7, 11) is 1.02. The lowest BCUT2D eigenvalue weighted by Gasteiger charge is -2.02. The first-order chi connectivity index (χ1) is 8.06. The maximum atomic E-state index is 11.3. The Labute approximate surface area is 97.0 Å². The number of carbonyl (C=O) groups excluding carboxylic acids is 4. The Hall–Kier alpha value is -1.92. The van der Waals surface area contributed by atoms with Crippen LogP contribution in [0.2, 0.25) is 0 Å². The van der Waals surface area contributed by atoms with Crippen molar-refractivity contribution in [2.75, 3.05) is 13.7 Å². The molecule has 17 heavy (non-hydrogen) atoms. The number of methoxy groups -OCH3 is 1. The van der Waals surface area contributed by atoms with E-state index < -0.39 is 35.8 Å². The van der Waals surface area contributed by atoms with E-state index in [4.69, 9.17) is 4.74 Å². The molecule has 0 unspecified atom stereocenters. The zero-order valence-corrected chi connectivity index (χ0v) is 9.37. The molecular formula is C10H12O7. The van der Waals surface area contributed by atoms with Gasteiger partial charge in [-0.2, -0.15) is 0 Å². The standard InChI is InChI=1S/C10H12O7/c1-3-16-8(12)6-5(4-11)7(6)17-10(14)9(13)15-2/h4-7H,3H2,1-2H3/t5-,6-,7-/m1/s1. The Kier molecular flexibility index (Phi) is 4.19. The Balaban J connectivity index is 2.55. The normalized spacial score (nSPS) is 25.6. The van der Waals surface area contributed by atoms with E-state index in [-0.39, 0.29) is 6.61 Å². The highest BCUT2D eigenvalue weighted by molar-refractivity contribution is 6.29. The van der Waals surface area contributed by atoms with Crippen molar-refractivity contribution >= 4 is 24.2 Å². The lowest BCUT2D eigenvalue weighted by Crippen LogP contribution is -2.21. The second kappa shape index (κ2) is 5.42. The van der Waals surface area contributed by atoms with Crippen LogP contribution in [0.25, 0.3) is 0 Å². The van der Waals surface area contributed by atoms with Gasteiger partial charge in [0.05, 0.1) is 19.6 Å². The molecule has 94 valence electrons. The number of hydrogen-bond donors (Lipinski definition) is 0. The molecular weight excluding hydrogens is 232 g/mol. The Morgan fingerprint density at radius 3 is 2.35 bits per heavy atom. The molecule has 0 bridgehead atoms. The molecule has 1 fully saturated rings. The molecule has 0 saturated heterocycles. The van der Waals surface area contributed by atoms with Crippen LogP contribution in [0.3, 0.4) is 0 Å². The fourth-order valence-corrected chi connectivity index (χ4v) is 1.40. The molecule has 0 radical (unpaired) electrons. The molecule has 1 aliphatic carbocycles. The fourth-order valence-electron chi connectivity index (χ4n) is 1.40. The van der Waals surface area contributed by atoms with Crippen molar-refractivity contribution in [3.05, 3.63) is 0 Å².